The van der Waals surface area contributed by atoms with Crippen molar-refractivity contribution in [3.05, 3.63) is 23.3 Å². The molecule has 0 unspecified atom stereocenters. The largest absolute Gasteiger partial charge is 0.480 e. The maximum Gasteiger partial charge on any atom is 0.323 e. The Morgan fingerprint density at radius 1 is 1.41 bits per heavy atom. The number of aliphatic carboxylic acids is 1. The van der Waals surface area contributed by atoms with Gasteiger partial charge in [-0.05, 0) is 37.1 Å². The molecule has 1 heterocycles. The van der Waals surface area contributed by atoms with Crippen molar-refractivity contribution in [2.45, 2.75) is 13.8 Å². The normalized spacial score (nSPS) is 14.2. The van der Waals surface area contributed by atoms with E-state index in [1.807, 2.05) is 26.0 Å². The molecule has 0 fully saturated rings. The molecule has 0 bridgehead atoms. The van der Waals surface area contributed by atoms with E-state index in [1.54, 1.807) is 4.90 Å². The number of carbonyl (C=O) groups excluding carboxylic acids is 1. The van der Waals surface area contributed by atoms with Gasteiger partial charge < -0.3 is 15.3 Å². The molecular formula is C12H14N2O3. The highest BCUT2D eigenvalue weighted by Crippen LogP contribution is 2.31. The standard InChI is InChI=1S/C12H14N2O3/c1-7-3-9-10(4-8(7)2)14(6-12(16)17)5-11(15)13-9/h3-4H,5-6H2,1-2H3,(H,13,15)(H,16,17). The molecule has 90 valence electrons. The first-order valence-electron chi connectivity index (χ1n) is 5.35. The predicted octanol–water partition coefficient (Wildman–Crippen LogP) is 1.15. The van der Waals surface area contributed by atoms with Crippen molar-refractivity contribution in [3.8, 4) is 0 Å². The van der Waals surface area contributed by atoms with Crippen molar-refractivity contribution in [2.24, 2.45) is 0 Å². The third kappa shape index (κ3) is 2.22. The summed E-state index contributed by atoms with van der Waals surface area (Å²) < 4.78 is 0. The Labute approximate surface area is 99.0 Å². The lowest BCUT2D eigenvalue weighted by atomic mass is 10.1. The molecule has 2 rings (SSSR count). The topological polar surface area (TPSA) is 69.6 Å². The number of carbonyl (C=O) groups is 2. The van der Waals surface area contributed by atoms with Crippen molar-refractivity contribution in [1.29, 1.82) is 0 Å². The van der Waals surface area contributed by atoms with E-state index in [0.29, 0.717) is 5.69 Å². The Kier molecular flexibility index (Phi) is 2.75. The summed E-state index contributed by atoms with van der Waals surface area (Å²) in [7, 11) is 0. The molecule has 1 aromatic rings. The molecule has 1 aliphatic heterocycles. The Hall–Kier alpha value is -2.04. The number of hydrogen-bond acceptors (Lipinski definition) is 3. The number of benzene rings is 1. The summed E-state index contributed by atoms with van der Waals surface area (Å²) in [5.41, 5.74) is 3.61. The van der Waals surface area contributed by atoms with Crippen LogP contribution in [-0.2, 0) is 9.59 Å². The summed E-state index contributed by atoms with van der Waals surface area (Å²) >= 11 is 0. The van der Waals surface area contributed by atoms with E-state index >= 15 is 0 Å². The molecule has 0 saturated carbocycles. The number of aryl methyl sites for hydroxylation is 2. The monoisotopic (exact) mass is 234 g/mol. The van der Waals surface area contributed by atoms with Crippen LogP contribution in [0.1, 0.15) is 11.1 Å². The summed E-state index contributed by atoms with van der Waals surface area (Å²) in [6.07, 6.45) is 0. The van der Waals surface area contributed by atoms with Crippen LogP contribution in [0.2, 0.25) is 0 Å². The minimum absolute atomic E-state index is 0.0851. The van der Waals surface area contributed by atoms with Gasteiger partial charge >= 0.3 is 5.97 Å². The van der Waals surface area contributed by atoms with Crippen LogP contribution in [0.5, 0.6) is 0 Å². The van der Waals surface area contributed by atoms with Crippen molar-refractivity contribution in [1.82, 2.24) is 0 Å². The average molecular weight is 234 g/mol. The number of carboxylic acid groups (broad SMARTS) is 1. The number of hydrogen-bond donors (Lipinski definition) is 2. The molecule has 5 nitrogen and oxygen atoms in total. The molecule has 0 aliphatic carbocycles. The maximum absolute atomic E-state index is 11.5. The van der Waals surface area contributed by atoms with E-state index < -0.39 is 5.97 Å². The van der Waals surface area contributed by atoms with Gasteiger partial charge in [-0.15, -0.1) is 0 Å². The van der Waals surface area contributed by atoms with Crippen LogP contribution in [0.15, 0.2) is 12.1 Å². The van der Waals surface area contributed by atoms with Crippen LogP contribution in [0, 0.1) is 13.8 Å². The van der Waals surface area contributed by atoms with Gasteiger partial charge in [-0.1, -0.05) is 0 Å². The Morgan fingerprint density at radius 3 is 2.71 bits per heavy atom. The first kappa shape index (κ1) is 11.4. The lowest BCUT2D eigenvalue weighted by Crippen LogP contribution is -2.41. The highest BCUT2D eigenvalue weighted by molar-refractivity contribution is 6.02. The molecule has 1 aromatic carbocycles. The van der Waals surface area contributed by atoms with Crippen LogP contribution < -0.4 is 10.2 Å². The highest BCUT2D eigenvalue weighted by Gasteiger charge is 2.24. The quantitative estimate of drug-likeness (QED) is 0.805. The zero-order valence-electron chi connectivity index (χ0n) is 9.78. The fourth-order valence-electron chi connectivity index (χ4n) is 1.92. The van der Waals surface area contributed by atoms with E-state index in [9.17, 15) is 9.59 Å². The third-order valence-corrected chi connectivity index (χ3v) is 2.89. The number of carboxylic acids is 1. The van der Waals surface area contributed by atoms with Crippen LogP contribution in [-0.4, -0.2) is 30.1 Å². The number of nitrogens with one attached hydrogen (secondary N) is 1. The molecule has 2 N–H and O–H groups in total. The third-order valence-electron chi connectivity index (χ3n) is 2.89. The van der Waals surface area contributed by atoms with E-state index in [0.717, 1.165) is 16.8 Å². The second-order valence-corrected chi connectivity index (χ2v) is 4.25. The van der Waals surface area contributed by atoms with Gasteiger partial charge in [-0.3, -0.25) is 9.59 Å². The molecule has 0 atom stereocenters. The summed E-state index contributed by atoms with van der Waals surface area (Å²) in [4.78, 5) is 23.8. The van der Waals surface area contributed by atoms with Gasteiger partial charge in [0, 0.05) is 0 Å². The Bertz CT molecular complexity index is 497. The summed E-state index contributed by atoms with van der Waals surface area (Å²) in [5, 5.41) is 11.6. The van der Waals surface area contributed by atoms with Gasteiger partial charge in [0.05, 0.1) is 17.9 Å². The van der Waals surface area contributed by atoms with Gasteiger partial charge in [-0.2, -0.15) is 0 Å². The van der Waals surface area contributed by atoms with Crippen LogP contribution in [0.4, 0.5) is 11.4 Å². The Morgan fingerprint density at radius 2 is 2.06 bits per heavy atom. The van der Waals surface area contributed by atoms with Crippen molar-refractivity contribution < 1.29 is 14.7 Å². The van der Waals surface area contributed by atoms with Gasteiger partial charge in [0.25, 0.3) is 0 Å². The van der Waals surface area contributed by atoms with E-state index in [1.165, 1.54) is 0 Å². The minimum atomic E-state index is -0.941. The van der Waals surface area contributed by atoms with E-state index in [-0.39, 0.29) is 19.0 Å². The zero-order chi connectivity index (χ0) is 12.6. The summed E-state index contributed by atoms with van der Waals surface area (Å²) in [6, 6.07) is 3.78. The summed E-state index contributed by atoms with van der Waals surface area (Å²) in [6.45, 7) is 3.84. The Balaban J connectivity index is 2.44. The predicted molar refractivity (Wildman–Crippen MR) is 64.4 cm³/mol. The minimum Gasteiger partial charge on any atom is -0.480 e. The van der Waals surface area contributed by atoms with Crippen LogP contribution in [0.3, 0.4) is 0 Å². The number of fused-ring (bicyclic) bond motifs is 1. The van der Waals surface area contributed by atoms with Crippen LogP contribution >= 0.6 is 0 Å². The van der Waals surface area contributed by atoms with Gasteiger partial charge in [-0.25, -0.2) is 0 Å². The van der Waals surface area contributed by atoms with Gasteiger partial charge in [0.15, 0.2) is 0 Å². The molecule has 0 saturated heterocycles. The van der Waals surface area contributed by atoms with E-state index in [2.05, 4.69) is 5.32 Å². The number of amides is 1. The average Bonchev–Trinajstić information content (AvgIpc) is 2.20. The fraction of sp³-hybridized carbons (Fsp3) is 0.333. The lowest BCUT2D eigenvalue weighted by Gasteiger charge is -2.30. The maximum atomic E-state index is 11.5. The molecule has 0 aromatic heterocycles. The van der Waals surface area contributed by atoms with Gasteiger partial charge in [0.2, 0.25) is 5.91 Å². The summed E-state index contributed by atoms with van der Waals surface area (Å²) in [5.74, 6) is -1.12. The van der Waals surface area contributed by atoms with Crippen LogP contribution in [0.25, 0.3) is 0 Å². The fourth-order valence-corrected chi connectivity index (χ4v) is 1.92. The number of anilines is 2. The second-order valence-electron chi connectivity index (χ2n) is 4.25. The van der Waals surface area contributed by atoms with Crippen molar-refractivity contribution in [2.75, 3.05) is 23.3 Å². The molecule has 1 amide bonds. The second kappa shape index (κ2) is 4.08. The molecule has 0 radical (unpaired) electrons. The number of nitrogens with zero attached hydrogens (tertiary/aromatic N) is 1. The van der Waals surface area contributed by atoms with E-state index in [4.69, 9.17) is 5.11 Å². The first-order chi connectivity index (χ1) is 7.97. The van der Waals surface area contributed by atoms with Gasteiger partial charge in [0.1, 0.15) is 6.54 Å². The molecule has 17 heavy (non-hydrogen) atoms. The van der Waals surface area contributed by atoms with Crippen molar-refractivity contribution in [3.63, 3.8) is 0 Å². The first-order valence-corrected chi connectivity index (χ1v) is 5.35. The molecular weight excluding hydrogens is 220 g/mol. The molecule has 1 aliphatic rings. The zero-order valence-corrected chi connectivity index (χ0v) is 9.78. The highest BCUT2D eigenvalue weighted by atomic mass is 16.4. The SMILES string of the molecule is Cc1cc2c(cc1C)N(CC(=O)O)CC(=O)N2. The lowest BCUT2D eigenvalue weighted by molar-refractivity contribution is -0.135. The smallest absolute Gasteiger partial charge is 0.323 e. The number of rotatable bonds is 2. The van der Waals surface area contributed by atoms with Crippen molar-refractivity contribution >= 4 is 23.3 Å². The molecule has 0 spiro atoms. The molecule has 5 heteroatoms.